The highest BCUT2D eigenvalue weighted by Gasteiger charge is 2.16. The van der Waals surface area contributed by atoms with Crippen LogP contribution in [-0.2, 0) is 6.54 Å². The standard InChI is InChI=1S/C17H18Cl2FN/c1-11(2)17(12-6-8-14(20)9-7-12)21-10-13-4-3-5-15(18)16(13)19/h3-9,11,17,21H,10H2,1-2H3. The molecule has 1 atom stereocenters. The maximum absolute atomic E-state index is 13.0. The molecule has 0 saturated carbocycles. The first-order chi connectivity index (χ1) is 9.99. The Morgan fingerprint density at radius 1 is 1.05 bits per heavy atom. The lowest BCUT2D eigenvalue weighted by Crippen LogP contribution is -2.25. The summed E-state index contributed by atoms with van der Waals surface area (Å²) in [6, 6.07) is 12.3. The molecule has 2 aromatic rings. The second-order valence-electron chi connectivity index (χ2n) is 5.37. The first-order valence-electron chi connectivity index (χ1n) is 6.90. The Balaban J connectivity index is 2.14. The van der Waals surface area contributed by atoms with Crippen LogP contribution in [0.5, 0.6) is 0 Å². The van der Waals surface area contributed by atoms with Crippen molar-refractivity contribution in [3.8, 4) is 0 Å². The van der Waals surface area contributed by atoms with Crippen LogP contribution < -0.4 is 5.32 Å². The average molecular weight is 326 g/mol. The lowest BCUT2D eigenvalue weighted by Gasteiger charge is -2.23. The molecule has 0 saturated heterocycles. The molecule has 2 rings (SSSR count). The Kier molecular flexibility index (Phi) is 5.63. The monoisotopic (exact) mass is 325 g/mol. The molecule has 0 bridgehead atoms. The van der Waals surface area contributed by atoms with Crippen LogP contribution in [0.4, 0.5) is 4.39 Å². The fourth-order valence-electron chi connectivity index (χ4n) is 2.31. The largest absolute Gasteiger partial charge is 0.306 e. The van der Waals surface area contributed by atoms with E-state index in [1.54, 1.807) is 6.07 Å². The Morgan fingerprint density at radius 3 is 2.33 bits per heavy atom. The molecule has 2 aromatic carbocycles. The van der Waals surface area contributed by atoms with Crippen molar-refractivity contribution < 1.29 is 4.39 Å². The quantitative estimate of drug-likeness (QED) is 0.752. The van der Waals surface area contributed by atoms with E-state index in [2.05, 4.69) is 19.2 Å². The fraction of sp³-hybridized carbons (Fsp3) is 0.294. The van der Waals surface area contributed by atoms with Gasteiger partial charge in [-0.15, -0.1) is 0 Å². The minimum atomic E-state index is -0.223. The highest BCUT2D eigenvalue weighted by atomic mass is 35.5. The molecule has 1 N–H and O–H groups in total. The molecule has 21 heavy (non-hydrogen) atoms. The zero-order chi connectivity index (χ0) is 15.4. The van der Waals surface area contributed by atoms with Crippen LogP contribution in [-0.4, -0.2) is 0 Å². The smallest absolute Gasteiger partial charge is 0.123 e. The van der Waals surface area contributed by atoms with E-state index >= 15 is 0 Å². The zero-order valence-electron chi connectivity index (χ0n) is 12.0. The molecule has 4 heteroatoms. The van der Waals surface area contributed by atoms with Gasteiger partial charge in [0.25, 0.3) is 0 Å². The third-order valence-electron chi connectivity index (χ3n) is 3.44. The minimum absolute atomic E-state index is 0.126. The van der Waals surface area contributed by atoms with Gasteiger partial charge < -0.3 is 5.32 Å². The molecule has 1 unspecified atom stereocenters. The van der Waals surface area contributed by atoms with Crippen molar-refractivity contribution in [2.75, 3.05) is 0 Å². The number of hydrogen-bond donors (Lipinski definition) is 1. The predicted molar refractivity (Wildman–Crippen MR) is 87.3 cm³/mol. The Labute approximate surface area is 135 Å². The van der Waals surface area contributed by atoms with Crippen LogP contribution in [0.25, 0.3) is 0 Å². The molecular formula is C17H18Cl2FN. The van der Waals surface area contributed by atoms with Crippen molar-refractivity contribution in [1.29, 1.82) is 0 Å². The maximum Gasteiger partial charge on any atom is 0.123 e. The van der Waals surface area contributed by atoms with Gasteiger partial charge in [0.1, 0.15) is 5.82 Å². The summed E-state index contributed by atoms with van der Waals surface area (Å²) in [6.07, 6.45) is 0. The van der Waals surface area contributed by atoms with Gasteiger partial charge in [-0.05, 0) is 35.2 Å². The Hall–Kier alpha value is -1.09. The second-order valence-corrected chi connectivity index (χ2v) is 6.15. The van der Waals surface area contributed by atoms with E-state index in [0.29, 0.717) is 22.5 Å². The van der Waals surface area contributed by atoms with Gasteiger partial charge in [0.15, 0.2) is 0 Å². The van der Waals surface area contributed by atoms with Crippen molar-refractivity contribution in [3.05, 3.63) is 69.5 Å². The summed E-state index contributed by atoms with van der Waals surface area (Å²) in [7, 11) is 0. The van der Waals surface area contributed by atoms with Gasteiger partial charge in [-0.2, -0.15) is 0 Å². The number of benzene rings is 2. The van der Waals surface area contributed by atoms with Crippen LogP contribution in [0.3, 0.4) is 0 Å². The van der Waals surface area contributed by atoms with Crippen molar-refractivity contribution in [2.45, 2.75) is 26.4 Å². The van der Waals surface area contributed by atoms with E-state index in [4.69, 9.17) is 23.2 Å². The number of halogens is 3. The molecule has 0 aliphatic heterocycles. The summed E-state index contributed by atoms with van der Waals surface area (Å²) in [6.45, 7) is 4.86. The van der Waals surface area contributed by atoms with Crippen LogP contribution >= 0.6 is 23.2 Å². The average Bonchev–Trinajstić information content (AvgIpc) is 2.45. The first-order valence-corrected chi connectivity index (χ1v) is 7.66. The molecular weight excluding hydrogens is 308 g/mol. The third-order valence-corrected chi connectivity index (χ3v) is 4.30. The van der Waals surface area contributed by atoms with Crippen LogP contribution in [0.15, 0.2) is 42.5 Å². The van der Waals surface area contributed by atoms with E-state index in [0.717, 1.165) is 11.1 Å². The van der Waals surface area contributed by atoms with Gasteiger partial charge in [0.2, 0.25) is 0 Å². The van der Waals surface area contributed by atoms with Gasteiger partial charge in [0.05, 0.1) is 10.0 Å². The number of rotatable bonds is 5. The van der Waals surface area contributed by atoms with Gasteiger partial charge in [0, 0.05) is 12.6 Å². The molecule has 112 valence electrons. The molecule has 0 aliphatic carbocycles. The summed E-state index contributed by atoms with van der Waals surface area (Å²) < 4.78 is 13.0. The highest BCUT2D eigenvalue weighted by molar-refractivity contribution is 6.42. The van der Waals surface area contributed by atoms with E-state index < -0.39 is 0 Å². The second kappa shape index (κ2) is 7.26. The molecule has 0 aromatic heterocycles. The molecule has 0 spiro atoms. The summed E-state index contributed by atoms with van der Waals surface area (Å²) in [5.74, 6) is 0.146. The Morgan fingerprint density at radius 2 is 1.71 bits per heavy atom. The van der Waals surface area contributed by atoms with E-state index in [1.807, 2.05) is 24.3 Å². The van der Waals surface area contributed by atoms with Gasteiger partial charge in [-0.3, -0.25) is 0 Å². The van der Waals surface area contributed by atoms with Gasteiger partial charge >= 0.3 is 0 Å². The molecule has 0 heterocycles. The molecule has 0 aliphatic rings. The zero-order valence-corrected chi connectivity index (χ0v) is 13.5. The summed E-state index contributed by atoms with van der Waals surface area (Å²) in [4.78, 5) is 0. The number of nitrogens with one attached hydrogen (secondary N) is 1. The Bertz CT molecular complexity index is 596. The molecule has 1 nitrogen and oxygen atoms in total. The lowest BCUT2D eigenvalue weighted by molar-refractivity contribution is 0.410. The van der Waals surface area contributed by atoms with Gasteiger partial charge in [-0.1, -0.05) is 61.3 Å². The van der Waals surface area contributed by atoms with Crippen molar-refractivity contribution >= 4 is 23.2 Å². The molecule has 0 fully saturated rings. The predicted octanol–water partition coefficient (Wildman–Crippen LogP) is 5.62. The van der Waals surface area contributed by atoms with Crippen molar-refractivity contribution in [1.82, 2.24) is 5.32 Å². The molecule has 0 amide bonds. The van der Waals surface area contributed by atoms with E-state index in [-0.39, 0.29) is 11.9 Å². The van der Waals surface area contributed by atoms with Crippen LogP contribution in [0.2, 0.25) is 10.0 Å². The maximum atomic E-state index is 13.0. The number of hydrogen-bond acceptors (Lipinski definition) is 1. The SMILES string of the molecule is CC(C)C(NCc1cccc(Cl)c1Cl)c1ccc(F)cc1. The van der Waals surface area contributed by atoms with E-state index in [1.165, 1.54) is 12.1 Å². The fourth-order valence-corrected chi connectivity index (χ4v) is 2.70. The van der Waals surface area contributed by atoms with Crippen LogP contribution in [0.1, 0.15) is 31.0 Å². The van der Waals surface area contributed by atoms with Crippen molar-refractivity contribution in [2.24, 2.45) is 5.92 Å². The normalized spacial score (nSPS) is 12.7. The summed E-state index contributed by atoms with van der Waals surface area (Å²) in [5, 5.41) is 4.61. The highest BCUT2D eigenvalue weighted by Crippen LogP contribution is 2.27. The third kappa shape index (κ3) is 4.19. The van der Waals surface area contributed by atoms with Crippen molar-refractivity contribution in [3.63, 3.8) is 0 Å². The topological polar surface area (TPSA) is 12.0 Å². The van der Waals surface area contributed by atoms with E-state index in [9.17, 15) is 4.39 Å². The van der Waals surface area contributed by atoms with Gasteiger partial charge in [-0.25, -0.2) is 4.39 Å². The minimum Gasteiger partial charge on any atom is -0.306 e. The summed E-state index contributed by atoms with van der Waals surface area (Å²) in [5.41, 5.74) is 2.02. The lowest BCUT2D eigenvalue weighted by atomic mass is 9.95. The first kappa shape index (κ1) is 16.3. The van der Waals surface area contributed by atoms with Crippen LogP contribution in [0, 0.1) is 11.7 Å². The molecule has 0 radical (unpaired) electrons. The summed E-state index contributed by atoms with van der Waals surface area (Å²) >= 11 is 12.2.